The molecule has 108 valence electrons. The Hall–Kier alpha value is -2.98. The molecule has 1 aromatic carbocycles. The number of carbonyl (C=O) groups excluding carboxylic acids is 1. The molecule has 2 aromatic heterocycles. The normalized spacial score (nSPS) is 10.3. The summed E-state index contributed by atoms with van der Waals surface area (Å²) in [4.78, 5) is 23.9. The summed E-state index contributed by atoms with van der Waals surface area (Å²) in [6.07, 6.45) is 1.20. The predicted molar refractivity (Wildman–Crippen MR) is 83.7 cm³/mol. The number of nitriles is 1. The second-order valence-corrected chi connectivity index (χ2v) is 5.42. The van der Waals surface area contributed by atoms with E-state index in [2.05, 4.69) is 10.4 Å². The molecule has 0 spiro atoms. The number of hydrogen-bond donors (Lipinski definition) is 1. The summed E-state index contributed by atoms with van der Waals surface area (Å²) >= 11 is 1.28. The summed E-state index contributed by atoms with van der Waals surface area (Å²) in [6.45, 7) is -0.0381. The maximum atomic E-state index is 12.1. The van der Waals surface area contributed by atoms with Crippen LogP contribution >= 0.6 is 11.3 Å². The molecule has 0 aliphatic heterocycles. The zero-order valence-electron chi connectivity index (χ0n) is 11.3. The third-order valence-corrected chi connectivity index (χ3v) is 3.92. The van der Waals surface area contributed by atoms with Crippen molar-refractivity contribution < 1.29 is 4.79 Å². The highest BCUT2D eigenvalue weighted by atomic mass is 32.1. The Morgan fingerprint density at radius 1 is 1.36 bits per heavy atom. The van der Waals surface area contributed by atoms with Crippen LogP contribution in [0.15, 0.2) is 46.7 Å². The molecule has 1 N–H and O–H groups in total. The van der Waals surface area contributed by atoms with E-state index in [4.69, 9.17) is 5.26 Å². The minimum atomic E-state index is -0.305. The Kier molecular flexibility index (Phi) is 3.68. The van der Waals surface area contributed by atoms with Crippen LogP contribution in [0.25, 0.3) is 10.9 Å². The summed E-state index contributed by atoms with van der Waals surface area (Å²) in [5.41, 5.74) is 0.838. The Labute approximate surface area is 129 Å². The highest BCUT2D eigenvalue weighted by Gasteiger charge is 2.11. The second-order valence-electron chi connectivity index (χ2n) is 4.51. The molecule has 0 unspecified atom stereocenters. The lowest BCUT2D eigenvalue weighted by atomic mass is 10.2. The Morgan fingerprint density at radius 3 is 3.00 bits per heavy atom. The fourth-order valence-corrected chi connectivity index (χ4v) is 2.84. The lowest BCUT2D eigenvalue weighted by Gasteiger charge is -2.09. The molecule has 6 nitrogen and oxygen atoms in total. The first kappa shape index (κ1) is 14.0. The average Bonchev–Trinajstić information content (AvgIpc) is 2.97. The fourth-order valence-electron chi connectivity index (χ4n) is 2.08. The zero-order valence-corrected chi connectivity index (χ0v) is 12.1. The number of amides is 1. The third-order valence-electron chi connectivity index (χ3n) is 3.09. The molecule has 0 saturated carbocycles. The molecule has 22 heavy (non-hydrogen) atoms. The van der Waals surface area contributed by atoms with E-state index in [0.717, 1.165) is 0 Å². The van der Waals surface area contributed by atoms with Crippen LogP contribution in [0.3, 0.4) is 0 Å². The maximum absolute atomic E-state index is 12.1. The molecular weight excluding hydrogens is 300 g/mol. The van der Waals surface area contributed by atoms with Gasteiger partial charge in [0.15, 0.2) is 0 Å². The molecule has 0 aliphatic rings. The van der Waals surface area contributed by atoms with Crippen molar-refractivity contribution in [3.8, 4) is 6.07 Å². The van der Waals surface area contributed by atoms with Gasteiger partial charge in [0, 0.05) is 5.39 Å². The van der Waals surface area contributed by atoms with Gasteiger partial charge >= 0.3 is 0 Å². The van der Waals surface area contributed by atoms with Crippen LogP contribution in [0.2, 0.25) is 0 Å². The zero-order chi connectivity index (χ0) is 15.5. The summed E-state index contributed by atoms with van der Waals surface area (Å²) in [5, 5.41) is 18.4. The molecule has 0 saturated heterocycles. The van der Waals surface area contributed by atoms with Crippen LogP contribution < -0.4 is 10.7 Å². The minimum absolute atomic E-state index is 0.0381. The number of benzene rings is 1. The first-order chi connectivity index (χ1) is 10.7. The van der Waals surface area contributed by atoms with E-state index in [1.807, 2.05) is 6.07 Å². The number of hydrogen-bond acceptors (Lipinski definition) is 5. The van der Waals surface area contributed by atoms with Crippen LogP contribution in [0.5, 0.6) is 0 Å². The van der Waals surface area contributed by atoms with Crippen LogP contribution in [0.4, 0.5) is 5.00 Å². The van der Waals surface area contributed by atoms with Gasteiger partial charge in [0.05, 0.1) is 17.3 Å². The molecule has 0 bridgehead atoms. The van der Waals surface area contributed by atoms with Gasteiger partial charge in [-0.15, -0.1) is 11.3 Å². The standard InChI is InChI=1S/C15H10N4O2S/c16-7-10-5-6-22-15(10)18-14(21)9-19-12-4-2-1-3-11(12)13(20)8-17-19/h1-6,8H,9H2,(H,18,21). The van der Waals surface area contributed by atoms with Crippen LogP contribution in [0, 0.1) is 11.3 Å². The number of fused-ring (bicyclic) bond motifs is 1. The first-order valence-electron chi connectivity index (χ1n) is 6.41. The number of para-hydroxylation sites is 1. The predicted octanol–water partition coefficient (Wildman–Crippen LogP) is 1.97. The quantitative estimate of drug-likeness (QED) is 0.801. The van der Waals surface area contributed by atoms with Gasteiger partial charge in [0.1, 0.15) is 17.6 Å². The van der Waals surface area contributed by atoms with Crippen molar-refractivity contribution in [3.05, 3.63) is 57.7 Å². The lowest BCUT2D eigenvalue weighted by molar-refractivity contribution is -0.116. The van der Waals surface area contributed by atoms with Gasteiger partial charge in [-0.25, -0.2) is 0 Å². The van der Waals surface area contributed by atoms with Crippen molar-refractivity contribution in [2.75, 3.05) is 5.32 Å². The molecule has 2 heterocycles. The number of anilines is 1. The summed E-state index contributed by atoms with van der Waals surface area (Å²) < 4.78 is 1.46. The summed E-state index contributed by atoms with van der Waals surface area (Å²) in [5.74, 6) is -0.305. The SMILES string of the molecule is N#Cc1ccsc1NC(=O)Cn1ncc(=O)c2ccccc21. The molecule has 1 amide bonds. The number of rotatable bonds is 3. The van der Waals surface area contributed by atoms with E-state index in [1.54, 1.807) is 35.7 Å². The number of carbonyl (C=O) groups is 1. The maximum Gasteiger partial charge on any atom is 0.246 e. The number of nitrogens with one attached hydrogen (secondary N) is 1. The molecule has 3 aromatic rings. The minimum Gasteiger partial charge on any atom is -0.315 e. The van der Waals surface area contributed by atoms with Crippen LogP contribution in [-0.4, -0.2) is 15.7 Å². The van der Waals surface area contributed by atoms with E-state index >= 15 is 0 Å². The first-order valence-corrected chi connectivity index (χ1v) is 7.29. The van der Waals surface area contributed by atoms with Gasteiger partial charge in [-0.1, -0.05) is 12.1 Å². The smallest absolute Gasteiger partial charge is 0.246 e. The van der Waals surface area contributed by atoms with E-state index in [-0.39, 0.29) is 17.9 Å². The van der Waals surface area contributed by atoms with Crippen molar-refractivity contribution >= 4 is 33.1 Å². The average molecular weight is 310 g/mol. The molecular formula is C15H10N4O2S. The van der Waals surface area contributed by atoms with Gasteiger partial charge < -0.3 is 5.32 Å². The number of thiophene rings is 1. The molecule has 0 aliphatic carbocycles. The highest BCUT2D eigenvalue weighted by Crippen LogP contribution is 2.22. The topological polar surface area (TPSA) is 87.8 Å². The molecule has 0 atom stereocenters. The third kappa shape index (κ3) is 2.60. The number of nitrogens with zero attached hydrogens (tertiary/aromatic N) is 3. The van der Waals surface area contributed by atoms with Gasteiger partial charge in [-0.2, -0.15) is 10.4 Å². The Morgan fingerprint density at radius 2 is 2.18 bits per heavy atom. The van der Waals surface area contributed by atoms with E-state index in [0.29, 0.717) is 21.5 Å². The lowest BCUT2D eigenvalue weighted by Crippen LogP contribution is -2.22. The highest BCUT2D eigenvalue weighted by molar-refractivity contribution is 7.14. The van der Waals surface area contributed by atoms with E-state index in [9.17, 15) is 9.59 Å². The van der Waals surface area contributed by atoms with Gasteiger partial charge in [0.25, 0.3) is 0 Å². The summed E-state index contributed by atoms with van der Waals surface area (Å²) in [7, 11) is 0. The Bertz CT molecular complexity index is 952. The van der Waals surface area contributed by atoms with Gasteiger partial charge in [-0.3, -0.25) is 14.3 Å². The van der Waals surface area contributed by atoms with E-state index in [1.165, 1.54) is 22.2 Å². The van der Waals surface area contributed by atoms with Crippen LogP contribution in [0.1, 0.15) is 5.56 Å². The fraction of sp³-hybridized carbons (Fsp3) is 0.0667. The van der Waals surface area contributed by atoms with E-state index < -0.39 is 0 Å². The molecule has 7 heteroatoms. The van der Waals surface area contributed by atoms with Crippen molar-refractivity contribution in [2.45, 2.75) is 6.54 Å². The van der Waals surface area contributed by atoms with Crippen molar-refractivity contribution in [2.24, 2.45) is 0 Å². The van der Waals surface area contributed by atoms with Gasteiger partial charge in [0.2, 0.25) is 11.3 Å². The molecule has 3 rings (SSSR count). The van der Waals surface area contributed by atoms with Crippen molar-refractivity contribution in [1.82, 2.24) is 9.78 Å². The monoisotopic (exact) mass is 310 g/mol. The van der Waals surface area contributed by atoms with Gasteiger partial charge in [-0.05, 0) is 23.6 Å². The molecule has 0 fully saturated rings. The van der Waals surface area contributed by atoms with Crippen LogP contribution in [-0.2, 0) is 11.3 Å². The number of aromatic nitrogens is 2. The Balaban J connectivity index is 1.88. The molecule has 0 radical (unpaired) electrons. The summed E-state index contributed by atoms with van der Waals surface area (Å²) in [6, 6.07) is 10.6. The van der Waals surface area contributed by atoms with Crippen molar-refractivity contribution in [3.63, 3.8) is 0 Å². The van der Waals surface area contributed by atoms with Crippen molar-refractivity contribution in [1.29, 1.82) is 5.26 Å². The second kappa shape index (κ2) is 5.79. The largest absolute Gasteiger partial charge is 0.315 e.